The Bertz CT molecular complexity index is 1260. The summed E-state index contributed by atoms with van der Waals surface area (Å²) in [5.74, 6) is 0. The van der Waals surface area contributed by atoms with E-state index in [9.17, 15) is 14.4 Å². The van der Waals surface area contributed by atoms with E-state index < -0.39 is 23.8 Å². The number of carbonyl (C=O) groups excluding carboxylic acids is 3. The molecule has 0 radical (unpaired) electrons. The van der Waals surface area contributed by atoms with Crippen LogP contribution in [-0.2, 0) is 33.8 Å². The van der Waals surface area contributed by atoms with Gasteiger partial charge in [-0.25, -0.2) is 14.4 Å². The molecule has 3 amide bonds. The van der Waals surface area contributed by atoms with E-state index in [-0.39, 0.29) is 19.8 Å². The van der Waals surface area contributed by atoms with Crippen LogP contribution < -0.4 is 16.8 Å². The molecule has 3 aromatic carbocycles. The van der Waals surface area contributed by atoms with Crippen molar-refractivity contribution in [3.63, 3.8) is 0 Å². The van der Waals surface area contributed by atoms with Gasteiger partial charge in [0.25, 0.3) is 0 Å². The van der Waals surface area contributed by atoms with Crippen molar-refractivity contribution in [2.24, 2.45) is 11.5 Å². The highest BCUT2D eigenvalue weighted by molar-refractivity contribution is 5.69. The van der Waals surface area contributed by atoms with Gasteiger partial charge in [-0.05, 0) is 55.3 Å². The maximum absolute atomic E-state index is 13.1. The third-order valence-corrected chi connectivity index (χ3v) is 7.22. The first-order valence-corrected chi connectivity index (χ1v) is 15.0. The summed E-state index contributed by atoms with van der Waals surface area (Å²) in [4.78, 5) is 39.1. The number of alkyl carbamates (subject to hydrolysis) is 1. The number of rotatable bonds is 18. The highest BCUT2D eigenvalue weighted by Crippen LogP contribution is 2.26. The van der Waals surface area contributed by atoms with Gasteiger partial charge in [-0.3, -0.25) is 0 Å². The Morgan fingerprint density at radius 2 is 1.23 bits per heavy atom. The number of nitrogens with one attached hydrogen (secondary N) is 1. The SMILES string of the molecule is NCCCN(CCCCC(CCOC(N)=O)(Cc1ccccc1)NC(=O)OCc1ccccc1)C(=O)OCc1ccccc1. The van der Waals surface area contributed by atoms with Crippen molar-refractivity contribution < 1.29 is 28.6 Å². The lowest BCUT2D eigenvalue weighted by Crippen LogP contribution is -2.51. The highest BCUT2D eigenvalue weighted by Gasteiger charge is 2.33. The maximum atomic E-state index is 13.1. The fraction of sp³-hybridized carbons (Fsp3) is 0.382. The first kappa shape index (κ1) is 33.9. The summed E-state index contributed by atoms with van der Waals surface area (Å²) in [6, 6.07) is 28.7. The van der Waals surface area contributed by atoms with Crippen LogP contribution in [0, 0.1) is 0 Å². The van der Waals surface area contributed by atoms with Crippen LogP contribution in [0.5, 0.6) is 0 Å². The summed E-state index contributed by atoms with van der Waals surface area (Å²) >= 11 is 0. The van der Waals surface area contributed by atoms with E-state index in [1.807, 2.05) is 91.0 Å². The fourth-order valence-corrected chi connectivity index (χ4v) is 4.93. The third-order valence-electron chi connectivity index (χ3n) is 7.22. The van der Waals surface area contributed by atoms with Gasteiger partial charge in [0, 0.05) is 19.5 Å². The van der Waals surface area contributed by atoms with Gasteiger partial charge in [-0.15, -0.1) is 0 Å². The third kappa shape index (κ3) is 12.7. The standard InChI is InChI=1S/C34H44N4O6/c35-21-12-23-38(33(41)44-27-30-17-8-3-9-18-30)22-11-10-19-34(20-24-42-31(36)39,25-28-13-4-1-5-14-28)37-32(40)43-26-29-15-6-2-7-16-29/h1-9,13-18H,10-12,19-27,35H2,(H2,36,39)(H,37,40). The van der Waals surface area contributed by atoms with E-state index in [4.69, 9.17) is 25.7 Å². The van der Waals surface area contributed by atoms with Crippen LogP contribution in [-0.4, -0.2) is 55.0 Å². The van der Waals surface area contributed by atoms with Gasteiger partial charge in [0.1, 0.15) is 13.2 Å². The van der Waals surface area contributed by atoms with Gasteiger partial charge in [0.15, 0.2) is 0 Å². The van der Waals surface area contributed by atoms with Gasteiger partial charge in [-0.2, -0.15) is 0 Å². The van der Waals surface area contributed by atoms with Gasteiger partial charge >= 0.3 is 18.3 Å². The summed E-state index contributed by atoms with van der Waals surface area (Å²) < 4.78 is 16.2. The predicted molar refractivity (Wildman–Crippen MR) is 169 cm³/mol. The molecule has 0 aliphatic heterocycles. The molecule has 10 heteroatoms. The number of nitrogens with two attached hydrogens (primary N) is 2. The molecule has 44 heavy (non-hydrogen) atoms. The Morgan fingerprint density at radius 1 is 0.682 bits per heavy atom. The Balaban J connectivity index is 1.68. The van der Waals surface area contributed by atoms with Gasteiger partial charge in [0.2, 0.25) is 0 Å². The van der Waals surface area contributed by atoms with Crippen LogP contribution in [0.2, 0.25) is 0 Å². The Morgan fingerprint density at radius 3 is 1.80 bits per heavy atom. The maximum Gasteiger partial charge on any atom is 0.410 e. The van der Waals surface area contributed by atoms with E-state index in [1.165, 1.54) is 0 Å². The first-order chi connectivity index (χ1) is 21.4. The average Bonchev–Trinajstić information content (AvgIpc) is 3.03. The quantitative estimate of drug-likeness (QED) is 0.128. The molecule has 0 saturated carbocycles. The number of amides is 3. The summed E-state index contributed by atoms with van der Waals surface area (Å²) in [5, 5.41) is 3.09. The molecule has 0 aromatic heterocycles. The monoisotopic (exact) mass is 604 g/mol. The number of ether oxygens (including phenoxy) is 3. The van der Waals surface area contributed by atoms with Crippen molar-refractivity contribution in [1.82, 2.24) is 10.2 Å². The zero-order valence-corrected chi connectivity index (χ0v) is 25.2. The Labute approximate surface area is 259 Å². The summed E-state index contributed by atoms with van der Waals surface area (Å²) in [6.45, 7) is 1.73. The minimum absolute atomic E-state index is 0.0234. The minimum atomic E-state index is -0.880. The lowest BCUT2D eigenvalue weighted by atomic mass is 9.83. The van der Waals surface area contributed by atoms with E-state index in [0.29, 0.717) is 58.2 Å². The molecule has 3 aromatic rings. The fourth-order valence-electron chi connectivity index (χ4n) is 4.93. The molecule has 0 spiro atoms. The van der Waals surface area contributed by atoms with Crippen molar-refractivity contribution in [1.29, 1.82) is 0 Å². The molecular formula is C34H44N4O6. The van der Waals surface area contributed by atoms with Crippen molar-refractivity contribution in [2.75, 3.05) is 26.2 Å². The van der Waals surface area contributed by atoms with E-state index in [0.717, 1.165) is 16.7 Å². The summed E-state index contributed by atoms with van der Waals surface area (Å²) in [6.07, 6.45) is 1.45. The number of benzene rings is 3. The number of hydrogen-bond donors (Lipinski definition) is 3. The summed E-state index contributed by atoms with van der Waals surface area (Å²) in [5.41, 5.74) is 12.9. The van der Waals surface area contributed by atoms with Gasteiger partial charge in [-0.1, -0.05) is 91.0 Å². The van der Waals surface area contributed by atoms with Crippen LogP contribution in [0.25, 0.3) is 0 Å². The number of primary amides is 1. The molecule has 0 heterocycles. The van der Waals surface area contributed by atoms with Crippen molar-refractivity contribution in [3.05, 3.63) is 108 Å². The normalized spacial score (nSPS) is 12.0. The van der Waals surface area contributed by atoms with E-state index in [1.54, 1.807) is 4.90 Å². The van der Waals surface area contributed by atoms with E-state index in [2.05, 4.69) is 5.32 Å². The number of carbonyl (C=O) groups is 3. The van der Waals surface area contributed by atoms with Crippen LogP contribution in [0.3, 0.4) is 0 Å². The van der Waals surface area contributed by atoms with Crippen molar-refractivity contribution in [3.8, 4) is 0 Å². The topological polar surface area (TPSA) is 146 Å². The molecule has 10 nitrogen and oxygen atoms in total. The van der Waals surface area contributed by atoms with Crippen LogP contribution in [0.15, 0.2) is 91.0 Å². The first-order valence-electron chi connectivity index (χ1n) is 15.0. The lowest BCUT2D eigenvalue weighted by Gasteiger charge is -2.35. The minimum Gasteiger partial charge on any atom is -0.450 e. The second-order valence-corrected chi connectivity index (χ2v) is 10.7. The second kappa shape index (κ2) is 18.9. The molecule has 0 saturated heterocycles. The summed E-state index contributed by atoms with van der Waals surface area (Å²) in [7, 11) is 0. The van der Waals surface area contributed by atoms with Crippen LogP contribution in [0.4, 0.5) is 14.4 Å². The molecule has 0 fully saturated rings. The average molecular weight is 605 g/mol. The van der Waals surface area contributed by atoms with Crippen molar-refractivity contribution >= 4 is 18.3 Å². The predicted octanol–water partition coefficient (Wildman–Crippen LogP) is 5.54. The zero-order chi connectivity index (χ0) is 31.5. The molecule has 3 rings (SSSR count). The van der Waals surface area contributed by atoms with Gasteiger partial charge in [0.05, 0.1) is 12.1 Å². The molecule has 1 atom stereocenters. The molecule has 236 valence electrons. The number of hydrogen-bond acceptors (Lipinski definition) is 7. The molecule has 5 N–H and O–H groups in total. The van der Waals surface area contributed by atoms with Crippen molar-refractivity contribution in [2.45, 2.75) is 57.3 Å². The van der Waals surface area contributed by atoms with Gasteiger partial charge < -0.3 is 35.9 Å². The molecule has 0 bridgehead atoms. The highest BCUT2D eigenvalue weighted by atomic mass is 16.6. The smallest absolute Gasteiger partial charge is 0.410 e. The van der Waals surface area contributed by atoms with E-state index >= 15 is 0 Å². The Kier molecular flexibility index (Phi) is 14.5. The molecule has 1 unspecified atom stereocenters. The molecule has 0 aliphatic carbocycles. The zero-order valence-electron chi connectivity index (χ0n) is 25.2. The molecule has 0 aliphatic rings. The largest absolute Gasteiger partial charge is 0.450 e. The number of unbranched alkanes of at least 4 members (excludes halogenated alkanes) is 1. The lowest BCUT2D eigenvalue weighted by molar-refractivity contribution is 0.0943. The number of nitrogens with zero attached hydrogens (tertiary/aromatic N) is 1. The Hall–Kier alpha value is -4.57. The molecular weight excluding hydrogens is 560 g/mol. The van der Waals surface area contributed by atoms with Crippen LogP contribution in [0.1, 0.15) is 48.8 Å². The van der Waals surface area contributed by atoms with Crippen LogP contribution >= 0.6 is 0 Å². The second-order valence-electron chi connectivity index (χ2n) is 10.7.